The molecule has 118 valence electrons. The number of carbonyl (C=O) groups is 1. The molecule has 0 atom stereocenters. The summed E-state index contributed by atoms with van der Waals surface area (Å²) in [5, 5.41) is 6.44. The van der Waals surface area contributed by atoms with Gasteiger partial charge in [0.05, 0.1) is 5.02 Å². The van der Waals surface area contributed by atoms with Crippen LogP contribution in [-0.4, -0.2) is 15.7 Å². The van der Waals surface area contributed by atoms with Gasteiger partial charge in [-0.25, -0.2) is 0 Å². The largest absolute Gasteiger partial charge is 0.435 e. The van der Waals surface area contributed by atoms with Crippen molar-refractivity contribution >= 4 is 45.8 Å². The Morgan fingerprint density at radius 1 is 1.41 bits per heavy atom. The van der Waals surface area contributed by atoms with Crippen LogP contribution >= 0.6 is 34.2 Å². The first-order valence-electron chi connectivity index (χ1n) is 6.03. The lowest BCUT2D eigenvalue weighted by Crippen LogP contribution is -2.20. The molecule has 0 radical (unpaired) electrons. The van der Waals surface area contributed by atoms with E-state index in [1.165, 1.54) is 6.92 Å². The van der Waals surface area contributed by atoms with E-state index in [-0.39, 0.29) is 12.2 Å². The normalized spacial score (nSPS) is 11.5. The summed E-state index contributed by atoms with van der Waals surface area (Å²) in [4.78, 5) is 11.9. The zero-order chi connectivity index (χ0) is 16.5. The van der Waals surface area contributed by atoms with Gasteiger partial charge in [0.2, 0.25) is 5.91 Å². The molecule has 0 unspecified atom stereocenters. The van der Waals surface area contributed by atoms with E-state index in [4.69, 9.17) is 11.6 Å². The number of anilines is 1. The van der Waals surface area contributed by atoms with Gasteiger partial charge in [0.25, 0.3) is 0 Å². The third-order valence-electron chi connectivity index (χ3n) is 2.77. The minimum atomic E-state index is -4.53. The lowest BCUT2D eigenvalue weighted by atomic mass is 10.3. The summed E-state index contributed by atoms with van der Waals surface area (Å²) < 4.78 is 39.5. The maximum absolute atomic E-state index is 12.6. The summed E-state index contributed by atoms with van der Waals surface area (Å²) in [6, 6.07) is 5.84. The van der Waals surface area contributed by atoms with Gasteiger partial charge in [-0.3, -0.25) is 9.48 Å². The van der Waals surface area contributed by atoms with Crippen molar-refractivity contribution in [2.45, 2.75) is 19.6 Å². The topological polar surface area (TPSA) is 46.9 Å². The maximum atomic E-state index is 12.6. The van der Waals surface area contributed by atoms with Crippen molar-refractivity contribution < 1.29 is 18.0 Å². The minimum absolute atomic E-state index is 0.253. The number of hydrogen-bond acceptors (Lipinski definition) is 2. The molecule has 1 aromatic carbocycles. The maximum Gasteiger partial charge on any atom is 0.435 e. The van der Waals surface area contributed by atoms with Crippen molar-refractivity contribution in [2.24, 2.45) is 0 Å². The smallest absolute Gasteiger partial charge is 0.324 e. The molecule has 1 N–H and O–H groups in total. The standard InChI is InChI=1S/C13H10ClF3IN3O/c1-7-4-11(13(15,16)17)20-21(7)6-12(22)19-8-2-3-10(18)9(14)5-8/h2-5H,6H2,1H3,(H,19,22). The van der Waals surface area contributed by atoms with E-state index in [9.17, 15) is 18.0 Å². The van der Waals surface area contributed by atoms with Crippen LogP contribution in [0.25, 0.3) is 0 Å². The van der Waals surface area contributed by atoms with E-state index >= 15 is 0 Å². The fourth-order valence-corrected chi connectivity index (χ4v) is 2.24. The second-order valence-corrected chi connectivity index (χ2v) is 6.07. The second kappa shape index (κ2) is 6.45. The van der Waals surface area contributed by atoms with Gasteiger partial charge in [-0.1, -0.05) is 11.6 Å². The summed E-state index contributed by atoms with van der Waals surface area (Å²) in [5.41, 5.74) is -0.297. The van der Waals surface area contributed by atoms with E-state index < -0.39 is 17.8 Å². The number of halogens is 5. The second-order valence-electron chi connectivity index (χ2n) is 4.50. The monoisotopic (exact) mass is 443 g/mol. The van der Waals surface area contributed by atoms with Crippen LogP contribution in [0.4, 0.5) is 18.9 Å². The fourth-order valence-electron chi connectivity index (χ4n) is 1.72. The number of aromatic nitrogens is 2. The Balaban J connectivity index is 2.09. The van der Waals surface area contributed by atoms with Crippen molar-refractivity contribution in [2.75, 3.05) is 5.32 Å². The Bertz CT molecular complexity index is 715. The van der Waals surface area contributed by atoms with E-state index in [2.05, 4.69) is 10.4 Å². The van der Waals surface area contributed by atoms with Gasteiger partial charge in [-0.05, 0) is 53.8 Å². The van der Waals surface area contributed by atoms with Crippen LogP contribution < -0.4 is 5.32 Å². The molecule has 0 saturated carbocycles. The molecule has 0 aliphatic carbocycles. The Morgan fingerprint density at radius 2 is 2.09 bits per heavy atom. The number of rotatable bonds is 3. The summed E-state index contributed by atoms with van der Waals surface area (Å²) in [6.45, 7) is 1.14. The van der Waals surface area contributed by atoms with Gasteiger partial charge in [0, 0.05) is 15.0 Å². The van der Waals surface area contributed by atoms with Crippen LogP contribution in [0.3, 0.4) is 0 Å². The lowest BCUT2D eigenvalue weighted by molar-refractivity contribution is -0.141. The summed E-state index contributed by atoms with van der Waals surface area (Å²) in [6.07, 6.45) is -4.53. The number of amides is 1. The first-order chi connectivity index (χ1) is 10.2. The molecule has 1 aromatic heterocycles. The molecule has 0 spiro atoms. The number of benzene rings is 1. The fraction of sp³-hybridized carbons (Fsp3) is 0.231. The molecule has 1 amide bonds. The van der Waals surface area contributed by atoms with Crippen molar-refractivity contribution in [1.29, 1.82) is 0 Å². The third kappa shape index (κ3) is 4.13. The van der Waals surface area contributed by atoms with Crippen molar-refractivity contribution in [3.63, 3.8) is 0 Å². The molecule has 0 aliphatic heterocycles. The lowest BCUT2D eigenvalue weighted by Gasteiger charge is -2.08. The van der Waals surface area contributed by atoms with Gasteiger partial charge in [0.15, 0.2) is 5.69 Å². The highest BCUT2D eigenvalue weighted by molar-refractivity contribution is 14.1. The van der Waals surface area contributed by atoms with Crippen molar-refractivity contribution in [3.05, 3.63) is 44.2 Å². The molecule has 0 saturated heterocycles. The average molecular weight is 444 g/mol. The van der Waals surface area contributed by atoms with Crippen molar-refractivity contribution in [1.82, 2.24) is 9.78 Å². The first kappa shape index (κ1) is 17.1. The van der Waals surface area contributed by atoms with Crippen LogP contribution in [0.5, 0.6) is 0 Å². The minimum Gasteiger partial charge on any atom is -0.324 e. The van der Waals surface area contributed by atoms with E-state index in [0.29, 0.717) is 10.7 Å². The summed E-state index contributed by atoms with van der Waals surface area (Å²) >= 11 is 7.98. The number of hydrogen-bond donors (Lipinski definition) is 1. The molecule has 0 aliphatic rings. The first-order valence-corrected chi connectivity index (χ1v) is 7.49. The molecule has 2 rings (SSSR count). The molecule has 2 aromatic rings. The Labute approximate surface area is 142 Å². The number of aryl methyl sites for hydroxylation is 1. The number of nitrogens with one attached hydrogen (secondary N) is 1. The molecular weight excluding hydrogens is 434 g/mol. The Hall–Kier alpha value is -1.29. The average Bonchev–Trinajstić information content (AvgIpc) is 2.75. The zero-order valence-electron chi connectivity index (χ0n) is 11.2. The number of carbonyl (C=O) groups excluding carboxylic acids is 1. The third-order valence-corrected chi connectivity index (χ3v) is 4.34. The SMILES string of the molecule is Cc1cc(C(F)(F)F)nn1CC(=O)Nc1ccc(I)c(Cl)c1. The van der Waals surface area contributed by atoms with E-state index in [1.807, 2.05) is 22.6 Å². The highest BCUT2D eigenvalue weighted by Crippen LogP contribution is 2.28. The predicted octanol–water partition coefficient (Wildman–Crippen LogP) is 4.11. The van der Waals surface area contributed by atoms with Gasteiger partial charge in [0.1, 0.15) is 6.54 Å². The molecule has 1 heterocycles. The van der Waals surface area contributed by atoms with Gasteiger partial charge in [-0.15, -0.1) is 0 Å². The van der Waals surface area contributed by atoms with Crippen LogP contribution in [0.2, 0.25) is 5.02 Å². The van der Waals surface area contributed by atoms with Crippen molar-refractivity contribution in [3.8, 4) is 0 Å². The highest BCUT2D eigenvalue weighted by Gasteiger charge is 2.34. The molecule has 0 bridgehead atoms. The van der Waals surface area contributed by atoms with Crippen LogP contribution in [0, 0.1) is 10.5 Å². The quantitative estimate of drug-likeness (QED) is 0.726. The van der Waals surface area contributed by atoms with Gasteiger partial charge < -0.3 is 5.32 Å². The molecule has 0 fully saturated rings. The molecule has 4 nitrogen and oxygen atoms in total. The number of alkyl halides is 3. The van der Waals surface area contributed by atoms with Crippen LogP contribution in [-0.2, 0) is 17.5 Å². The predicted molar refractivity (Wildman–Crippen MR) is 84.8 cm³/mol. The highest BCUT2D eigenvalue weighted by atomic mass is 127. The molecular formula is C13H10ClF3IN3O. The molecule has 22 heavy (non-hydrogen) atoms. The summed E-state index contributed by atoms with van der Waals surface area (Å²) in [7, 11) is 0. The summed E-state index contributed by atoms with van der Waals surface area (Å²) in [5.74, 6) is -0.489. The van der Waals surface area contributed by atoms with Crippen LogP contribution in [0.15, 0.2) is 24.3 Å². The number of nitrogens with zero attached hydrogens (tertiary/aromatic N) is 2. The van der Waals surface area contributed by atoms with Crippen LogP contribution in [0.1, 0.15) is 11.4 Å². The Kier molecular flexibility index (Phi) is 5.00. The van der Waals surface area contributed by atoms with E-state index in [0.717, 1.165) is 14.3 Å². The Morgan fingerprint density at radius 3 is 2.64 bits per heavy atom. The molecule has 9 heteroatoms. The van der Waals surface area contributed by atoms with Gasteiger partial charge in [-0.2, -0.15) is 18.3 Å². The van der Waals surface area contributed by atoms with Gasteiger partial charge >= 0.3 is 6.18 Å². The van der Waals surface area contributed by atoms with E-state index in [1.54, 1.807) is 18.2 Å². The zero-order valence-corrected chi connectivity index (χ0v) is 14.1.